The van der Waals surface area contributed by atoms with Crippen molar-refractivity contribution in [2.45, 2.75) is 47.0 Å². The second kappa shape index (κ2) is 10.0. The SMILES string of the molecule is [C-]#[N+]C1=C(C(=O)OC)c2nc(-c3ccc(C(C)(C)C)cc3)nn2C1=Nc1ccc(N(CC)CC)cc1C. The predicted molar refractivity (Wildman–Crippen MR) is 147 cm³/mol. The summed E-state index contributed by atoms with van der Waals surface area (Å²) in [5.41, 5.74) is 4.91. The molecule has 8 heteroatoms. The summed E-state index contributed by atoms with van der Waals surface area (Å²) in [6.45, 7) is 22.3. The van der Waals surface area contributed by atoms with Crippen molar-refractivity contribution in [2.75, 3.05) is 25.1 Å². The van der Waals surface area contributed by atoms with Crippen LogP contribution in [0.4, 0.5) is 11.4 Å². The van der Waals surface area contributed by atoms with Crippen molar-refractivity contribution in [3.8, 4) is 11.4 Å². The average molecular weight is 497 g/mol. The van der Waals surface area contributed by atoms with E-state index < -0.39 is 5.97 Å². The molecule has 0 saturated heterocycles. The highest BCUT2D eigenvalue weighted by Crippen LogP contribution is 2.34. The van der Waals surface area contributed by atoms with Crippen LogP contribution in [-0.2, 0) is 14.9 Å². The lowest BCUT2D eigenvalue weighted by atomic mass is 9.87. The van der Waals surface area contributed by atoms with Gasteiger partial charge in [0.25, 0.3) is 0 Å². The number of aryl methyl sites for hydroxylation is 1. The first kappa shape index (κ1) is 25.8. The fourth-order valence-corrected chi connectivity index (χ4v) is 4.34. The third-order valence-corrected chi connectivity index (χ3v) is 6.53. The number of nitrogens with zero attached hydrogens (tertiary/aromatic N) is 6. The molecule has 0 atom stereocenters. The number of hydrogen-bond donors (Lipinski definition) is 0. The topological polar surface area (TPSA) is 77.0 Å². The van der Waals surface area contributed by atoms with Crippen molar-refractivity contribution in [1.29, 1.82) is 0 Å². The Balaban J connectivity index is 1.84. The quantitative estimate of drug-likeness (QED) is 0.319. The second-order valence-corrected chi connectivity index (χ2v) is 9.90. The van der Waals surface area contributed by atoms with Crippen LogP contribution >= 0.6 is 0 Å². The van der Waals surface area contributed by atoms with Crippen molar-refractivity contribution in [1.82, 2.24) is 14.8 Å². The first-order chi connectivity index (χ1) is 17.6. The molecule has 0 N–H and O–H groups in total. The lowest BCUT2D eigenvalue weighted by molar-refractivity contribution is -0.133. The van der Waals surface area contributed by atoms with Gasteiger partial charge in [-0.05, 0) is 55.5 Å². The van der Waals surface area contributed by atoms with Gasteiger partial charge in [-0.1, -0.05) is 45.0 Å². The molecular weight excluding hydrogens is 464 g/mol. The molecule has 0 saturated carbocycles. The Morgan fingerprint density at radius 1 is 1.14 bits per heavy atom. The van der Waals surface area contributed by atoms with E-state index in [1.807, 2.05) is 31.2 Å². The highest BCUT2D eigenvalue weighted by Gasteiger charge is 2.37. The minimum atomic E-state index is -0.645. The molecule has 0 bridgehead atoms. The first-order valence-corrected chi connectivity index (χ1v) is 12.4. The number of aliphatic imine (C=N–C) groups is 1. The summed E-state index contributed by atoms with van der Waals surface area (Å²) in [6, 6.07) is 14.1. The van der Waals surface area contributed by atoms with Gasteiger partial charge < -0.3 is 9.64 Å². The zero-order valence-electron chi connectivity index (χ0n) is 22.5. The molecule has 37 heavy (non-hydrogen) atoms. The highest BCUT2D eigenvalue weighted by molar-refractivity contribution is 6.29. The van der Waals surface area contributed by atoms with Crippen LogP contribution in [0, 0.1) is 13.5 Å². The van der Waals surface area contributed by atoms with Crippen molar-refractivity contribution < 1.29 is 9.53 Å². The van der Waals surface area contributed by atoms with Crippen LogP contribution in [0.5, 0.6) is 0 Å². The van der Waals surface area contributed by atoms with Gasteiger partial charge in [0.2, 0.25) is 5.70 Å². The largest absolute Gasteiger partial charge is 0.466 e. The van der Waals surface area contributed by atoms with Crippen LogP contribution in [-0.4, -0.2) is 46.8 Å². The molecule has 1 aromatic heterocycles. The van der Waals surface area contributed by atoms with Gasteiger partial charge in [-0.3, -0.25) is 0 Å². The maximum Gasteiger partial charge on any atom is 0.331 e. The van der Waals surface area contributed by atoms with E-state index in [0.717, 1.165) is 29.9 Å². The second-order valence-electron chi connectivity index (χ2n) is 9.90. The molecule has 1 aliphatic heterocycles. The minimum Gasteiger partial charge on any atom is -0.466 e. The van der Waals surface area contributed by atoms with Gasteiger partial charge in [0.1, 0.15) is 5.57 Å². The molecule has 2 heterocycles. The van der Waals surface area contributed by atoms with Gasteiger partial charge in [-0.2, -0.15) is 0 Å². The Hall–Kier alpha value is -4.25. The first-order valence-electron chi connectivity index (χ1n) is 12.4. The molecule has 0 radical (unpaired) electrons. The van der Waals surface area contributed by atoms with E-state index in [4.69, 9.17) is 16.3 Å². The number of carbonyl (C=O) groups is 1. The van der Waals surface area contributed by atoms with Crippen molar-refractivity contribution >= 4 is 28.8 Å². The van der Waals surface area contributed by atoms with Crippen LogP contribution in [0.3, 0.4) is 0 Å². The summed E-state index contributed by atoms with van der Waals surface area (Å²) in [6.07, 6.45) is 0. The fourth-order valence-electron chi connectivity index (χ4n) is 4.34. The number of carbonyl (C=O) groups excluding carboxylic acids is 1. The van der Waals surface area contributed by atoms with Crippen molar-refractivity contribution in [3.05, 3.63) is 76.5 Å². The van der Waals surface area contributed by atoms with E-state index in [-0.39, 0.29) is 28.3 Å². The molecule has 1 aliphatic rings. The summed E-state index contributed by atoms with van der Waals surface area (Å²) in [5.74, 6) is 0.313. The minimum absolute atomic E-state index is 0.0196. The number of benzene rings is 2. The number of fused-ring (bicyclic) bond motifs is 1. The van der Waals surface area contributed by atoms with Gasteiger partial charge >= 0.3 is 5.97 Å². The van der Waals surface area contributed by atoms with E-state index in [1.165, 1.54) is 17.4 Å². The zero-order valence-corrected chi connectivity index (χ0v) is 22.5. The van der Waals surface area contributed by atoms with E-state index >= 15 is 0 Å². The van der Waals surface area contributed by atoms with Gasteiger partial charge in [0.15, 0.2) is 17.5 Å². The smallest absolute Gasteiger partial charge is 0.331 e. The molecule has 0 amide bonds. The Kier molecular flexibility index (Phi) is 6.99. The van der Waals surface area contributed by atoms with Gasteiger partial charge in [-0.15, -0.1) is 5.10 Å². The zero-order chi connectivity index (χ0) is 26.9. The number of aromatic nitrogens is 3. The number of hydrogen-bond acceptors (Lipinski definition) is 6. The summed E-state index contributed by atoms with van der Waals surface area (Å²) in [5, 5.41) is 4.67. The molecule has 8 nitrogen and oxygen atoms in total. The molecule has 190 valence electrons. The molecule has 0 fully saturated rings. The van der Waals surface area contributed by atoms with Gasteiger partial charge in [-0.25, -0.2) is 24.3 Å². The van der Waals surface area contributed by atoms with Crippen LogP contribution in [0.1, 0.15) is 51.6 Å². The molecule has 2 aromatic carbocycles. The Morgan fingerprint density at radius 2 is 1.81 bits per heavy atom. The Bertz CT molecular complexity index is 1440. The fraction of sp³-hybridized carbons (Fsp3) is 0.345. The standard InChI is InChI=1S/C29H32N6O2/c1-9-34(10-2)21-15-16-22(18(3)17-21)31-27-24(30-7)23(28(36)37-8)26-32-25(33-35(26)27)19-11-13-20(14-12-19)29(4,5)6/h11-17H,9-10H2,1-6,8H3. The summed E-state index contributed by atoms with van der Waals surface area (Å²) in [4.78, 5) is 28.1. The lowest BCUT2D eigenvalue weighted by Crippen LogP contribution is -2.21. The summed E-state index contributed by atoms with van der Waals surface area (Å²) >= 11 is 0. The molecule has 0 aliphatic carbocycles. The van der Waals surface area contributed by atoms with Crippen LogP contribution < -0.4 is 4.90 Å². The van der Waals surface area contributed by atoms with Crippen LogP contribution in [0.2, 0.25) is 0 Å². The third-order valence-electron chi connectivity index (χ3n) is 6.53. The molecule has 0 spiro atoms. The number of esters is 1. The average Bonchev–Trinajstić information content (AvgIpc) is 3.42. The van der Waals surface area contributed by atoms with Crippen molar-refractivity contribution in [3.63, 3.8) is 0 Å². The maximum atomic E-state index is 12.7. The number of methoxy groups -OCH3 is 1. The number of allylic oxidation sites excluding steroid dienone is 1. The molecule has 3 aromatic rings. The van der Waals surface area contributed by atoms with E-state index in [2.05, 4.69) is 72.6 Å². The number of rotatable bonds is 6. The van der Waals surface area contributed by atoms with E-state index in [9.17, 15) is 4.79 Å². The van der Waals surface area contributed by atoms with Gasteiger partial charge in [0, 0.05) is 24.3 Å². The van der Waals surface area contributed by atoms with Crippen molar-refractivity contribution in [2.24, 2.45) is 4.99 Å². The summed E-state index contributed by atoms with van der Waals surface area (Å²) in [7, 11) is 1.29. The lowest BCUT2D eigenvalue weighted by Gasteiger charge is -2.21. The predicted octanol–water partition coefficient (Wildman–Crippen LogP) is 5.79. The molecule has 4 rings (SSSR count). The highest BCUT2D eigenvalue weighted by atomic mass is 16.5. The van der Waals surface area contributed by atoms with E-state index in [1.54, 1.807) is 0 Å². The number of anilines is 1. The van der Waals surface area contributed by atoms with Gasteiger partial charge in [0.05, 0.1) is 19.4 Å². The maximum absolute atomic E-state index is 12.7. The molecule has 0 unspecified atom stereocenters. The van der Waals surface area contributed by atoms with Crippen LogP contribution in [0.25, 0.3) is 21.8 Å². The normalized spacial score (nSPS) is 14.1. The van der Waals surface area contributed by atoms with Crippen LogP contribution in [0.15, 0.2) is 53.2 Å². The Labute approximate surface area is 218 Å². The number of ether oxygens (including phenoxy) is 1. The van der Waals surface area contributed by atoms with E-state index in [0.29, 0.717) is 11.5 Å². The summed E-state index contributed by atoms with van der Waals surface area (Å²) < 4.78 is 6.48. The Morgan fingerprint density at radius 3 is 2.35 bits per heavy atom. The molecular formula is C29H32N6O2. The monoisotopic (exact) mass is 496 g/mol. The third kappa shape index (κ3) is 4.77.